The fraction of sp³-hybridized carbons (Fsp3) is 0.520. The van der Waals surface area contributed by atoms with Crippen LogP contribution in [-0.4, -0.2) is 31.1 Å². The van der Waals surface area contributed by atoms with Crippen LogP contribution in [0.2, 0.25) is 0 Å². The summed E-state index contributed by atoms with van der Waals surface area (Å²) in [7, 11) is 0. The Morgan fingerprint density at radius 2 is 2.03 bits per heavy atom. The van der Waals surface area contributed by atoms with E-state index in [-0.39, 0.29) is 41.5 Å². The highest BCUT2D eigenvalue weighted by Crippen LogP contribution is 2.47. The molecule has 0 saturated carbocycles. The van der Waals surface area contributed by atoms with E-state index in [2.05, 4.69) is 5.32 Å². The molecule has 1 N–H and O–H groups in total. The van der Waals surface area contributed by atoms with Crippen LogP contribution in [0.1, 0.15) is 63.5 Å². The number of Topliss-reactive ketones (excluding diaryl/α,β-unsaturated/α-hetero) is 1. The van der Waals surface area contributed by atoms with Crippen LogP contribution in [0.5, 0.6) is 0 Å². The second-order valence-electron chi connectivity index (χ2n) is 9.79. The van der Waals surface area contributed by atoms with Gasteiger partial charge in [-0.1, -0.05) is 32.0 Å². The first kappa shape index (κ1) is 23.5. The van der Waals surface area contributed by atoms with Crippen molar-refractivity contribution in [1.29, 1.82) is 0 Å². The van der Waals surface area contributed by atoms with Crippen LogP contribution in [-0.2, 0) is 25.2 Å². The van der Waals surface area contributed by atoms with Gasteiger partial charge in [0, 0.05) is 35.9 Å². The first-order valence-electron chi connectivity index (χ1n) is 11.2. The van der Waals surface area contributed by atoms with Gasteiger partial charge < -0.3 is 14.8 Å². The summed E-state index contributed by atoms with van der Waals surface area (Å²) in [6, 6.07) is 4.85. The van der Waals surface area contributed by atoms with E-state index in [1.807, 2.05) is 13.8 Å². The zero-order valence-electron chi connectivity index (χ0n) is 19.0. The first-order valence-corrected chi connectivity index (χ1v) is 11.2. The Balaban J connectivity index is 1.76. The lowest BCUT2D eigenvalue weighted by atomic mass is 9.68. The van der Waals surface area contributed by atoms with E-state index in [4.69, 9.17) is 9.47 Å². The zero-order valence-corrected chi connectivity index (χ0v) is 19.0. The van der Waals surface area contributed by atoms with Crippen molar-refractivity contribution in [2.75, 3.05) is 13.2 Å². The van der Waals surface area contributed by atoms with Crippen molar-refractivity contribution in [3.05, 3.63) is 57.9 Å². The number of benzene rings is 1. The highest BCUT2D eigenvalue weighted by atomic mass is 19.4. The summed E-state index contributed by atoms with van der Waals surface area (Å²) >= 11 is 0. The number of esters is 1. The number of alkyl halides is 3. The van der Waals surface area contributed by atoms with Crippen molar-refractivity contribution in [3.63, 3.8) is 0 Å². The molecule has 1 aromatic carbocycles. The quantitative estimate of drug-likeness (QED) is 0.635. The second-order valence-corrected chi connectivity index (χ2v) is 9.79. The van der Waals surface area contributed by atoms with E-state index in [1.165, 1.54) is 12.1 Å². The van der Waals surface area contributed by atoms with Crippen LogP contribution in [0.3, 0.4) is 0 Å². The maximum Gasteiger partial charge on any atom is 0.416 e. The molecule has 1 saturated heterocycles. The van der Waals surface area contributed by atoms with E-state index in [0.717, 1.165) is 25.0 Å². The number of dihydropyridines is 1. The SMILES string of the molecule is CC1=C(C(=O)OC[C@@H]2CCCO2)[C@H](c2cccc(C(F)(F)F)c2)C2=C(CC(C)(C)CC2=O)N1. The number of ether oxygens (including phenoxy) is 2. The first-order chi connectivity index (χ1) is 15.5. The van der Waals surface area contributed by atoms with Gasteiger partial charge in [-0.05, 0) is 43.2 Å². The average Bonchev–Trinajstić information content (AvgIpc) is 3.23. The minimum absolute atomic E-state index is 0.0673. The molecule has 178 valence electrons. The molecule has 1 aromatic rings. The number of hydrogen-bond acceptors (Lipinski definition) is 5. The van der Waals surface area contributed by atoms with E-state index >= 15 is 0 Å². The number of ketones is 1. The molecule has 8 heteroatoms. The van der Waals surface area contributed by atoms with Crippen LogP contribution in [0.15, 0.2) is 46.8 Å². The molecule has 1 aliphatic carbocycles. The molecule has 0 bridgehead atoms. The Hall–Kier alpha value is -2.61. The summed E-state index contributed by atoms with van der Waals surface area (Å²) in [5.41, 5.74) is 0.789. The van der Waals surface area contributed by atoms with Crippen LogP contribution < -0.4 is 5.32 Å². The summed E-state index contributed by atoms with van der Waals surface area (Å²) in [6.07, 6.45) is -2.26. The number of nitrogens with one attached hydrogen (secondary N) is 1. The summed E-state index contributed by atoms with van der Waals surface area (Å²) in [5, 5.41) is 3.19. The normalized spacial score (nSPS) is 25.1. The molecule has 33 heavy (non-hydrogen) atoms. The third-order valence-electron chi connectivity index (χ3n) is 6.43. The Morgan fingerprint density at radius 3 is 2.70 bits per heavy atom. The zero-order chi connectivity index (χ0) is 24.0. The van der Waals surface area contributed by atoms with E-state index in [1.54, 1.807) is 6.92 Å². The van der Waals surface area contributed by atoms with Crippen molar-refractivity contribution < 1.29 is 32.2 Å². The fourth-order valence-electron chi connectivity index (χ4n) is 4.96. The molecule has 0 radical (unpaired) electrons. The van der Waals surface area contributed by atoms with Gasteiger partial charge in [-0.15, -0.1) is 0 Å². The van der Waals surface area contributed by atoms with Crippen LogP contribution in [0, 0.1) is 5.41 Å². The highest BCUT2D eigenvalue weighted by molar-refractivity contribution is 6.04. The number of hydrogen-bond donors (Lipinski definition) is 1. The average molecular weight is 463 g/mol. The maximum atomic E-state index is 13.5. The fourth-order valence-corrected chi connectivity index (χ4v) is 4.96. The van der Waals surface area contributed by atoms with Crippen LogP contribution in [0.4, 0.5) is 13.2 Å². The Labute approximate surface area is 191 Å². The van der Waals surface area contributed by atoms with E-state index in [9.17, 15) is 22.8 Å². The molecular formula is C25H28F3NO4. The summed E-state index contributed by atoms with van der Waals surface area (Å²) in [6.45, 7) is 6.32. The topological polar surface area (TPSA) is 64.6 Å². The molecule has 2 aliphatic heterocycles. The van der Waals surface area contributed by atoms with Gasteiger partial charge in [-0.25, -0.2) is 4.79 Å². The third-order valence-corrected chi connectivity index (χ3v) is 6.43. The number of carbonyl (C=O) groups is 2. The molecule has 2 atom stereocenters. The number of carbonyl (C=O) groups excluding carboxylic acids is 2. The molecule has 3 aliphatic rings. The Kier molecular flexibility index (Phi) is 6.16. The summed E-state index contributed by atoms with van der Waals surface area (Å²) in [5.74, 6) is -1.75. The van der Waals surface area contributed by atoms with Crippen molar-refractivity contribution in [2.45, 2.75) is 64.7 Å². The molecule has 5 nitrogen and oxygen atoms in total. The van der Waals surface area contributed by atoms with Crippen molar-refractivity contribution in [1.82, 2.24) is 5.32 Å². The van der Waals surface area contributed by atoms with Gasteiger partial charge in [-0.3, -0.25) is 4.79 Å². The van der Waals surface area contributed by atoms with Crippen LogP contribution in [0.25, 0.3) is 0 Å². The molecule has 2 heterocycles. The minimum atomic E-state index is -4.54. The number of allylic oxidation sites excluding steroid dienone is 3. The maximum absolute atomic E-state index is 13.5. The lowest BCUT2D eigenvalue weighted by Gasteiger charge is -2.39. The molecule has 0 aromatic heterocycles. The number of rotatable bonds is 4. The Bertz CT molecular complexity index is 1030. The molecular weight excluding hydrogens is 435 g/mol. The monoisotopic (exact) mass is 463 g/mol. The van der Waals surface area contributed by atoms with Gasteiger partial charge in [0.05, 0.1) is 17.2 Å². The largest absolute Gasteiger partial charge is 0.459 e. The second kappa shape index (κ2) is 8.63. The number of halogens is 3. The molecule has 0 amide bonds. The molecule has 0 spiro atoms. The predicted octanol–water partition coefficient (Wildman–Crippen LogP) is 5.03. The summed E-state index contributed by atoms with van der Waals surface area (Å²) in [4.78, 5) is 26.4. The Morgan fingerprint density at radius 1 is 1.27 bits per heavy atom. The van der Waals surface area contributed by atoms with E-state index < -0.39 is 23.6 Å². The van der Waals surface area contributed by atoms with Gasteiger partial charge in [0.1, 0.15) is 6.61 Å². The summed E-state index contributed by atoms with van der Waals surface area (Å²) < 4.78 is 51.4. The van der Waals surface area contributed by atoms with Gasteiger partial charge >= 0.3 is 12.1 Å². The van der Waals surface area contributed by atoms with Gasteiger partial charge in [-0.2, -0.15) is 13.2 Å². The smallest absolute Gasteiger partial charge is 0.416 e. The van der Waals surface area contributed by atoms with Crippen molar-refractivity contribution in [3.8, 4) is 0 Å². The standard InChI is InChI=1S/C25H28F3NO4/c1-14-20(23(31)33-13-17-8-5-9-32-17)21(15-6-4-7-16(10-15)25(26,27)28)22-18(29-14)11-24(2,3)12-19(22)30/h4,6-7,10,17,21,29H,5,8-9,11-13H2,1-3H3/t17-,21-/m0/s1. The van der Waals surface area contributed by atoms with E-state index in [0.29, 0.717) is 30.0 Å². The molecule has 1 fully saturated rings. The lowest BCUT2D eigenvalue weighted by Crippen LogP contribution is -2.39. The minimum Gasteiger partial charge on any atom is -0.459 e. The lowest BCUT2D eigenvalue weighted by molar-refractivity contribution is -0.142. The molecule has 4 rings (SSSR count). The van der Waals surface area contributed by atoms with Crippen LogP contribution >= 0.6 is 0 Å². The molecule has 0 unspecified atom stereocenters. The van der Waals surface area contributed by atoms with Crippen molar-refractivity contribution >= 4 is 11.8 Å². The highest BCUT2D eigenvalue weighted by Gasteiger charge is 2.44. The van der Waals surface area contributed by atoms with Crippen molar-refractivity contribution in [2.24, 2.45) is 5.41 Å². The van der Waals surface area contributed by atoms with Gasteiger partial charge in [0.25, 0.3) is 0 Å². The van der Waals surface area contributed by atoms with Gasteiger partial charge in [0.15, 0.2) is 5.78 Å². The van der Waals surface area contributed by atoms with Gasteiger partial charge in [0.2, 0.25) is 0 Å². The third kappa shape index (κ3) is 4.86. The predicted molar refractivity (Wildman–Crippen MR) is 115 cm³/mol.